The van der Waals surface area contributed by atoms with Gasteiger partial charge in [0, 0.05) is 51.4 Å². The van der Waals surface area contributed by atoms with E-state index in [4.69, 9.17) is 23.7 Å². The van der Waals surface area contributed by atoms with Crippen LogP contribution in [0.4, 0.5) is 4.79 Å². The summed E-state index contributed by atoms with van der Waals surface area (Å²) in [4.78, 5) is 86.0. The second-order valence-electron chi connectivity index (χ2n) is 21.4. The fourth-order valence-electron chi connectivity index (χ4n) is 10.9. The fraction of sp³-hybridized carbons (Fsp3) is 0.649. The van der Waals surface area contributed by atoms with E-state index in [1.165, 1.54) is 7.11 Å². The summed E-state index contributed by atoms with van der Waals surface area (Å²) in [6.45, 7) is 12.2. The molecule has 0 unspecified atom stereocenters. The number of piperidine rings is 1. The number of aliphatic hydroxyl groups is 3. The van der Waals surface area contributed by atoms with Crippen molar-refractivity contribution in [1.82, 2.24) is 9.96 Å². The van der Waals surface area contributed by atoms with Gasteiger partial charge in [0.05, 0.1) is 24.4 Å². The van der Waals surface area contributed by atoms with Gasteiger partial charge >= 0.3 is 12.1 Å². The third kappa shape index (κ3) is 15.6. The zero-order valence-corrected chi connectivity index (χ0v) is 44.8. The summed E-state index contributed by atoms with van der Waals surface area (Å²) in [6.07, 6.45) is 7.84. The lowest BCUT2D eigenvalue weighted by atomic mass is 9.78. The predicted octanol–water partition coefficient (Wildman–Crippen LogP) is 7.42. The van der Waals surface area contributed by atoms with Crippen molar-refractivity contribution in [2.45, 2.75) is 180 Å². The molecular formula is C57H82N2O15. The zero-order chi connectivity index (χ0) is 54.4. The Morgan fingerprint density at radius 2 is 1.59 bits per heavy atom. The van der Waals surface area contributed by atoms with Gasteiger partial charge in [0.25, 0.3) is 11.7 Å². The zero-order valence-electron chi connectivity index (χ0n) is 44.8. The lowest BCUT2D eigenvalue weighted by Crippen LogP contribution is -2.61. The molecule has 3 heterocycles. The molecule has 17 nitrogen and oxygen atoms in total. The number of fused-ring (bicyclic) bond motifs is 3. The number of rotatable bonds is 7. The van der Waals surface area contributed by atoms with Gasteiger partial charge in [-0.3, -0.25) is 24.4 Å². The molecule has 1 aromatic rings. The van der Waals surface area contributed by atoms with E-state index in [2.05, 4.69) is 0 Å². The number of Topliss-reactive ketones (excluding diaryl/α,β-unsaturated/α-hetero) is 3. The second-order valence-corrected chi connectivity index (χ2v) is 21.4. The summed E-state index contributed by atoms with van der Waals surface area (Å²) in [5.41, 5.74) is 0.830. The highest BCUT2D eigenvalue weighted by Gasteiger charge is 2.53. The molecule has 3 fully saturated rings. The van der Waals surface area contributed by atoms with Crippen molar-refractivity contribution in [1.29, 1.82) is 0 Å². The summed E-state index contributed by atoms with van der Waals surface area (Å²) in [5.74, 6) is -8.87. The fourth-order valence-corrected chi connectivity index (χ4v) is 10.9. The number of aliphatic hydroxyl groups excluding tert-OH is 2. The van der Waals surface area contributed by atoms with E-state index in [1.807, 2.05) is 19.9 Å². The molecule has 0 spiro atoms. The van der Waals surface area contributed by atoms with Crippen LogP contribution in [-0.4, -0.2) is 141 Å². The number of carbonyl (C=O) groups is 6. The third-order valence-electron chi connectivity index (χ3n) is 15.7. The van der Waals surface area contributed by atoms with Crippen LogP contribution in [0.3, 0.4) is 0 Å². The maximum atomic E-state index is 14.5. The molecule has 17 heteroatoms. The molecule has 1 aromatic carbocycles. The Kier molecular flexibility index (Phi) is 22.5. The van der Waals surface area contributed by atoms with Crippen LogP contribution in [0, 0.1) is 35.5 Å². The highest BCUT2D eigenvalue weighted by atomic mass is 16.6. The highest BCUT2D eigenvalue weighted by molar-refractivity contribution is 6.39. The number of cyclic esters (lactones) is 1. The van der Waals surface area contributed by atoms with Gasteiger partial charge < -0.3 is 43.9 Å². The molecule has 74 heavy (non-hydrogen) atoms. The van der Waals surface area contributed by atoms with Gasteiger partial charge in [0.15, 0.2) is 5.78 Å². The van der Waals surface area contributed by atoms with Gasteiger partial charge in [0.2, 0.25) is 5.79 Å². The van der Waals surface area contributed by atoms with Crippen LogP contribution < -0.4 is 4.74 Å². The number of hydroxylamine groups is 2. The molecule has 1 aliphatic carbocycles. The molecule has 2 amide bonds. The molecule has 0 aromatic heterocycles. The van der Waals surface area contributed by atoms with Gasteiger partial charge in [-0.05, 0) is 119 Å². The van der Waals surface area contributed by atoms with E-state index in [-0.39, 0.29) is 79.8 Å². The normalized spacial score (nSPS) is 36.7. The third-order valence-corrected chi connectivity index (χ3v) is 15.7. The molecule has 2 bridgehead atoms. The molecule has 4 aliphatic rings. The van der Waals surface area contributed by atoms with E-state index in [9.17, 15) is 49.3 Å². The molecule has 4 N–H and O–H groups in total. The second kappa shape index (κ2) is 27.8. The van der Waals surface area contributed by atoms with Crippen LogP contribution in [-0.2, 0) is 42.9 Å². The van der Waals surface area contributed by atoms with Crippen LogP contribution in [0.5, 0.6) is 5.75 Å². The van der Waals surface area contributed by atoms with Gasteiger partial charge in [-0.15, -0.1) is 0 Å². The minimum atomic E-state index is -2.64. The number of nitrogens with zero attached hydrogens (tertiary/aromatic N) is 2. The lowest BCUT2D eigenvalue weighted by molar-refractivity contribution is -0.266. The van der Waals surface area contributed by atoms with Crippen molar-refractivity contribution < 1.29 is 73.0 Å². The maximum Gasteiger partial charge on any atom is 0.439 e. The minimum Gasteiger partial charge on any atom is -0.460 e. The van der Waals surface area contributed by atoms with Crippen molar-refractivity contribution in [2.24, 2.45) is 35.5 Å². The molecule has 5 rings (SSSR count). The van der Waals surface area contributed by atoms with E-state index < -0.39 is 89.9 Å². The van der Waals surface area contributed by atoms with Crippen LogP contribution in [0.2, 0.25) is 0 Å². The molecule has 1 saturated carbocycles. The summed E-state index contributed by atoms with van der Waals surface area (Å²) < 4.78 is 29.1. The van der Waals surface area contributed by atoms with E-state index in [0.29, 0.717) is 61.2 Å². The first-order valence-electron chi connectivity index (χ1n) is 26.5. The van der Waals surface area contributed by atoms with Crippen LogP contribution in [0.15, 0.2) is 77.9 Å². The van der Waals surface area contributed by atoms with Crippen molar-refractivity contribution in [3.63, 3.8) is 0 Å². The topological polar surface area (TPSA) is 236 Å². The highest BCUT2D eigenvalue weighted by Crippen LogP contribution is 2.38. The quantitative estimate of drug-likeness (QED) is 0.0684. The first kappa shape index (κ1) is 60.0. The van der Waals surface area contributed by atoms with Crippen molar-refractivity contribution in [3.8, 4) is 5.75 Å². The summed E-state index contributed by atoms with van der Waals surface area (Å²) in [6, 6.07) is 5.85. The summed E-state index contributed by atoms with van der Waals surface area (Å²) >= 11 is 0. The van der Waals surface area contributed by atoms with E-state index in [1.54, 1.807) is 102 Å². The Morgan fingerprint density at radius 1 is 0.878 bits per heavy atom. The van der Waals surface area contributed by atoms with Gasteiger partial charge in [-0.1, -0.05) is 89.3 Å². The standard InChI is InChI=1S/C57H82N2O15/c1-34-18-12-10-13-19-35(2)45(59(69)56(67)72-42-20-14-11-15-21-42)32-43-25-23-40(7)57(68,74-43)53(64)54(65)58-27-17-16-22-44(58)55(66)73-48(37(4)30-41-24-26-46(60)49(31-41)70-8)33-47(61)36(3)29-39(6)51(63)52(71-9)50(62)38(5)28-34/h10-15,18-21,29,34,36-38,40-41,43-46,48-49,51-52,60,63,68-69H,16-17,22-28,30-33H2,1-9H3/b13-10+,18-12+,35-19+,39-29+/t34-,36-,37-,38-,40-,41+,43+,44+,45+,46-,48+,49-,51-,52+,57-/m1/s1. The molecular weight excluding hydrogens is 953 g/mol. The average Bonchev–Trinajstić information content (AvgIpc) is 3.38. The first-order chi connectivity index (χ1) is 35.1. The molecule has 0 radical (unpaired) electrons. The van der Waals surface area contributed by atoms with Crippen molar-refractivity contribution in [3.05, 3.63) is 77.9 Å². The number of esters is 1. The van der Waals surface area contributed by atoms with E-state index >= 15 is 0 Å². The Hall–Kier alpha value is -4.88. The molecule has 410 valence electrons. The number of ether oxygens (including phenoxy) is 5. The minimum absolute atomic E-state index is 0.00402. The monoisotopic (exact) mass is 1030 g/mol. The largest absolute Gasteiger partial charge is 0.460 e. The summed E-state index contributed by atoms with van der Waals surface area (Å²) in [7, 11) is 2.90. The number of hydrogen-bond acceptors (Lipinski definition) is 15. The van der Waals surface area contributed by atoms with Crippen molar-refractivity contribution >= 4 is 35.3 Å². The van der Waals surface area contributed by atoms with Crippen LogP contribution in [0.1, 0.15) is 126 Å². The van der Waals surface area contributed by atoms with Crippen LogP contribution >= 0.6 is 0 Å². The summed E-state index contributed by atoms with van der Waals surface area (Å²) in [5, 5.41) is 46.1. The van der Waals surface area contributed by atoms with Gasteiger partial charge in [-0.2, -0.15) is 5.06 Å². The number of methoxy groups -OCH3 is 2. The first-order valence-corrected chi connectivity index (χ1v) is 26.5. The number of para-hydroxylation sites is 1. The SMILES string of the molecule is CO[C@@H]1C[C@H](C[C@@H](C)[C@@H]2CC(=O)[C@H](C)/C=C(\C)[C@@H](O)[C@@H](OC)C(=O)[C@H](C)C[C@H](C)/C=C/C=C/C=C(\C)[C@@H](N(O)C(=O)Oc3ccccc3)C[C@@H]3CC[C@@H](C)[C@@](O)(O3)C(=O)C(=O)N3CCCC[C@H]3C(=O)O2)CC[C@H]1O. The lowest BCUT2D eigenvalue weighted by Gasteiger charge is -2.43. The number of ketones is 3. The van der Waals surface area contributed by atoms with Crippen LogP contribution in [0.25, 0.3) is 0 Å². The Bertz CT molecular complexity index is 2210. The average molecular weight is 1040 g/mol. The molecule has 15 atom stereocenters. The maximum absolute atomic E-state index is 14.5. The smallest absolute Gasteiger partial charge is 0.439 e. The molecule has 2 saturated heterocycles. The van der Waals surface area contributed by atoms with Gasteiger partial charge in [0.1, 0.15) is 35.9 Å². The number of carbonyl (C=O) groups excluding carboxylic acids is 6. The Labute approximate surface area is 436 Å². The van der Waals surface area contributed by atoms with E-state index in [0.717, 1.165) is 4.90 Å². The van der Waals surface area contributed by atoms with Gasteiger partial charge in [-0.25, -0.2) is 9.59 Å². The number of amides is 2. The van der Waals surface area contributed by atoms with Crippen molar-refractivity contribution in [2.75, 3.05) is 20.8 Å². The predicted molar refractivity (Wildman–Crippen MR) is 274 cm³/mol. The number of benzene rings is 1. The number of allylic oxidation sites excluding steroid dienone is 6. The number of hydrogen-bond donors (Lipinski definition) is 4. The Morgan fingerprint density at radius 3 is 2.28 bits per heavy atom. The Balaban J connectivity index is 1.51. The molecule has 3 aliphatic heterocycles.